The molecular weight excluding hydrogens is 406 g/mol. The molecule has 0 aliphatic carbocycles. The number of benzene rings is 2. The van der Waals surface area contributed by atoms with E-state index >= 15 is 0 Å². The van der Waals surface area contributed by atoms with E-state index in [9.17, 15) is 0 Å². The van der Waals surface area contributed by atoms with Crippen molar-refractivity contribution in [2.24, 2.45) is 5.16 Å². The minimum absolute atomic E-state index is 0.371. The van der Waals surface area contributed by atoms with Gasteiger partial charge in [0.05, 0.1) is 30.4 Å². The maximum absolute atomic E-state index is 6.07. The van der Waals surface area contributed by atoms with Gasteiger partial charge in [0.2, 0.25) is 6.29 Å². The van der Waals surface area contributed by atoms with Crippen LogP contribution in [0.2, 0.25) is 0 Å². The van der Waals surface area contributed by atoms with Crippen LogP contribution in [0.4, 0.5) is 0 Å². The van der Waals surface area contributed by atoms with E-state index in [0.29, 0.717) is 26.2 Å². The van der Waals surface area contributed by atoms with Crippen LogP contribution in [0.3, 0.4) is 0 Å². The third-order valence-corrected chi connectivity index (χ3v) is 5.51. The first-order chi connectivity index (χ1) is 15.8. The Morgan fingerprint density at radius 2 is 1.97 bits per heavy atom. The second-order valence-corrected chi connectivity index (χ2v) is 7.65. The normalized spacial score (nSPS) is 15.8. The molecule has 4 aromatic rings. The molecule has 0 saturated carbocycles. The average molecular weight is 431 g/mol. The van der Waals surface area contributed by atoms with Crippen molar-refractivity contribution in [3.8, 4) is 5.75 Å². The molecule has 7 heteroatoms. The maximum atomic E-state index is 6.07. The van der Waals surface area contributed by atoms with Crippen molar-refractivity contribution in [3.05, 3.63) is 71.5 Å². The second kappa shape index (κ2) is 8.98. The number of nitrogens with one attached hydrogen (secondary N) is 1. The molecule has 0 saturated heterocycles. The number of hydrogen-bond acceptors (Lipinski definition) is 6. The Bertz CT molecular complexity index is 1270. The number of nitrogens with zero attached hydrogens (tertiary/aromatic N) is 2. The van der Waals surface area contributed by atoms with Gasteiger partial charge in [0, 0.05) is 35.6 Å². The number of aromatic amines is 1. The van der Waals surface area contributed by atoms with Crippen molar-refractivity contribution in [1.29, 1.82) is 0 Å². The summed E-state index contributed by atoms with van der Waals surface area (Å²) >= 11 is 0. The second-order valence-electron chi connectivity index (χ2n) is 7.65. The van der Waals surface area contributed by atoms with Crippen LogP contribution in [0, 0.1) is 0 Å². The summed E-state index contributed by atoms with van der Waals surface area (Å²) in [6.07, 6.45) is 2.02. The summed E-state index contributed by atoms with van der Waals surface area (Å²) in [6, 6.07) is 16.2. The van der Waals surface area contributed by atoms with E-state index < -0.39 is 0 Å². The van der Waals surface area contributed by atoms with Gasteiger partial charge in [-0.25, -0.2) is 0 Å². The summed E-state index contributed by atoms with van der Waals surface area (Å²) < 4.78 is 17.2. The molecule has 0 fully saturated rings. The van der Waals surface area contributed by atoms with Crippen LogP contribution < -0.4 is 4.74 Å². The zero-order chi connectivity index (χ0) is 21.9. The number of oxime groups is 1. The van der Waals surface area contributed by atoms with Gasteiger partial charge in [-0.1, -0.05) is 35.5 Å². The van der Waals surface area contributed by atoms with E-state index in [1.807, 2.05) is 43.5 Å². The quantitative estimate of drug-likeness (QED) is 0.428. The highest BCUT2D eigenvalue weighted by Gasteiger charge is 2.26. The molecule has 1 aliphatic rings. The van der Waals surface area contributed by atoms with Crippen molar-refractivity contribution in [3.63, 3.8) is 0 Å². The molecule has 2 aromatic heterocycles. The van der Waals surface area contributed by atoms with Gasteiger partial charge in [-0.15, -0.1) is 0 Å². The number of pyridine rings is 1. The van der Waals surface area contributed by atoms with Crippen molar-refractivity contribution < 1.29 is 19.0 Å². The topological polar surface area (TPSA) is 78.0 Å². The van der Waals surface area contributed by atoms with Crippen LogP contribution in [0.5, 0.6) is 5.75 Å². The van der Waals surface area contributed by atoms with Crippen LogP contribution in [0.15, 0.2) is 59.9 Å². The SMILES string of the molecule is CCOC1CC(c2ncc3[nH]c4ccc(OCc5ccccc5)cc4c3c2COC)=NO1. The Morgan fingerprint density at radius 1 is 1.09 bits per heavy atom. The average Bonchev–Trinajstić information content (AvgIpc) is 3.43. The lowest BCUT2D eigenvalue weighted by Gasteiger charge is -2.10. The molecule has 0 amide bonds. The molecule has 3 heterocycles. The fraction of sp³-hybridized carbons (Fsp3) is 0.280. The first-order valence-corrected chi connectivity index (χ1v) is 10.7. The number of ether oxygens (including phenoxy) is 3. The standard InChI is InChI=1S/C25H25N3O4/c1-3-30-23-12-21(28-32-23)25-19(15-29-2)24-18-11-17(31-14-16-7-5-4-6-8-16)9-10-20(18)27-22(24)13-26-25/h4-11,13,23,27H,3,12,14-15H2,1-2H3. The largest absolute Gasteiger partial charge is 0.489 e. The van der Waals surface area contributed by atoms with Crippen molar-refractivity contribution in [2.75, 3.05) is 13.7 Å². The van der Waals surface area contributed by atoms with Crippen molar-refractivity contribution in [2.45, 2.75) is 32.8 Å². The first kappa shape index (κ1) is 20.5. The molecule has 7 nitrogen and oxygen atoms in total. The lowest BCUT2D eigenvalue weighted by Crippen LogP contribution is -2.14. The van der Waals surface area contributed by atoms with E-state index in [4.69, 9.17) is 19.0 Å². The van der Waals surface area contributed by atoms with Gasteiger partial charge in [-0.2, -0.15) is 0 Å². The van der Waals surface area contributed by atoms with Gasteiger partial charge in [0.1, 0.15) is 18.1 Å². The Labute approximate surface area is 185 Å². The van der Waals surface area contributed by atoms with Crippen LogP contribution in [-0.4, -0.2) is 35.7 Å². The van der Waals surface area contributed by atoms with E-state index in [0.717, 1.165) is 50.1 Å². The van der Waals surface area contributed by atoms with Gasteiger partial charge in [-0.05, 0) is 30.7 Å². The molecule has 2 aromatic carbocycles. The summed E-state index contributed by atoms with van der Waals surface area (Å²) in [4.78, 5) is 13.6. The minimum atomic E-state index is -0.371. The zero-order valence-corrected chi connectivity index (χ0v) is 18.1. The lowest BCUT2D eigenvalue weighted by molar-refractivity contribution is -0.120. The molecule has 164 valence electrons. The number of rotatable bonds is 8. The molecular formula is C25H25N3O4. The number of hydrogen-bond donors (Lipinski definition) is 1. The molecule has 0 spiro atoms. The number of aromatic nitrogens is 2. The molecule has 0 radical (unpaired) electrons. The van der Waals surface area contributed by atoms with E-state index in [1.165, 1.54) is 0 Å². The first-order valence-electron chi connectivity index (χ1n) is 10.7. The summed E-state index contributed by atoms with van der Waals surface area (Å²) in [5, 5.41) is 6.35. The molecule has 32 heavy (non-hydrogen) atoms. The van der Waals surface area contributed by atoms with Gasteiger partial charge in [-0.3, -0.25) is 4.98 Å². The Balaban J connectivity index is 1.54. The van der Waals surface area contributed by atoms with E-state index in [1.54, 1.807) is 7.11 Å². The van der Waals surface area contributed by atoms with Crippen LogP contribution in [0.1, 0.15) is 30.2 Å². The number of fused-ring (bicyclic) bond motifs is 3. The molecule has 1 atom stereocenters. The van der Waals surface area contributed by atoms with E-state index in [-0.39, 0.29) is 6.29 Å². The van der Waals surface area contributed by atoms with Crippen LogP contribution in [-0.2, 0) is 27.5 Å². The molecule has 1 N–H and O–H groups in total. The monoisotopic (exact) mass is 431 g/mol. The molecule has 1 unspecified atom stereocenters. The third-order valence-electron chi connectivity index (χ3n) is 5.51. The van der Waals surface area contributed by atoms with Gasteiger partial charge in [0.15, 0.2) is 0 Å². The number of methoxy groups -OCH3 is 1. The summed E-state index contributed by atoms with van der Waals surface area (Å²) in [5.41, 5.74) is 5.59. The predicted octanol–water partition coefficient (Wildman–Crippen LogP) is 4.93. The highest BCUT2D eigenvalue weighted by Crippen LogP contribution is 2.34. The summed E-state index contributed by atoms with van der Waals surface area (Å²) in [6.45, 7) is 3.42. The Kier molecular flexibility index (Phi) is 5.75. The van der Waals surface area contributed by atoms with Crippen LogP contribution >= 0.6 is 0 Å². The minimum Gasteiger partial charge on any atom is -0.489 e. The van der Waals surface area contributed by atoms with Gasteiger partial charge < -0.3 is 24.0 Å². The molecule has 0 bridgehead atoms. The third kappa shape index (κ3) is 3.92. The zero-order valence-electron chi connectivity index (χ0n) is 18.1. The Hall–Kier alpha value is -3.42. The van der Waals surface area contributed by atoms with Gasteiger partial charge in [0.25, 0.3) is 0 Å². The maximum Gasteiger partial charge on any atom is 0.232 e. The van der Waals surface area contributed by atoms with Crippen LogP contribution in [0.25, 0.3) is 21.8 Å². The van der Waals surface area contributed by atoms with E-state index in [2.05, 4.69) is 33.3 Å². The number of H-pyrrole nitrogens is 1. The highest BCUT2D eigenvalue weighted by atomic mass is 16.8. The smallest absolute Gasteiger partial charge is 0.232 e. The fourth-order valence-corrected chi connectivity index (χ4v) is 4.07. The van der Waals surface area contributed by atoms with Crippen molar-refractivity contribution in [1.82, 2.24) is 9.97 Å². The molecule has 5 rings (SSSR count). The summed E-state index contributed by atoms with van der Waals surface area (Å²) in [5.74, 6) is 0.807. The summed E-state index contributed by atoms with van der Waals surface area (Å²) in [7, 11) is 1.68. The highest BCUT2D eigenvalue weighted by molar-refractivity contribution is 6.13. The van der Waals surface area contributed by atoms with Gasteiger partial charge >= 0.3 is 0 Å². The fourth-order valence-electron chi connectivity index (χ4n) is 4.07. The van der Waals surface area contributed by atoms with Crippen molar-refractivity contribution >= 4 is 27.5 Å². The molecule has 1 aliphatic heterocycles. The predicted molar refractivity (Wildman–Crippen MR) is 123 cm³/mol. The Morgan fingerprint density at radius 3 is 2.78 bits per heavy atom. The lowest BCUT2D eigenvalue weighted by atomic mass is 10.0.